The zero-order valence-electron chi connectivity index (χ0n) is 14.9. The second-order valence-corrected chi connectivity index (χ2v) is 6.40. The van der Waals surface area contributed by atoms with E-state index in [2.05, 4.69) is 4.98 Å². The molecule has 138 valence electrons. The van der Waals surface area contributed by atoms with Crippen molar-refractivity contribution < 1.29 is 14.3 Å². The van der Waals surface area contributed by atoms with Gasteiger partial charge in [0.2, 0.25) is 11.8 Å². The number of piperazine rings is 1. The molecule has 3 rings (SSSR count). The second kappa shape index (κ2) is 9.08. The van der Waals surface area contributed by atoms with Crippen LogP contribution >= 0.6 is 0 Å². The van der Waals surface area contributed by atoms with Crippen molar-refractivity contribution in [1.82, 2.24) is 14.8 Å². The van der Waals surface area contributed by atoms with E-state index in [1.165, 1.54) is 0 Å². The molecule has 0 aliphatic carbocycles. The summed E-state index contributed by atoms with van der Waals surface area (Å²) >= 11 is 0. The van der Waals surface area contributed by atoms with E-state index >= 15 is 0 Å². The van der Waals surface area contributed by atoms with E-state index in [1.807, 2.05) is 58.5 Å². The molecule has 2 amide bonds. The molecule has 1 aliphatic heterocycles. The normalized spacial score (nSPS) is 14.3. The fourth-order valence-corrected chi connectivity index (χ4v) is 3.05. The molecule has 1 aromatic carbocycles. The predicted molar refractivity (Wildman–Crippen MR) is 98.8 cm³/mol. The minimum Gasteiger partial charge on any atom is -0.494 e. The lowest BCUT2D eigenvalue weighted by Crippen LogP contribution is -2.51. The smallest absolute Gasteiger partial charge is 0.228 e. The first-order valence-corrected chi connectivity index (χ1v) is 9.08. The standard InChI is InChI=1S/C20H25N3O3/c24-19(9-5-15-26-18-7-2-1-3-8-18)22-11-13-23(14-12-22)20(25)16-17-6-4-10-21-17/h1-4,6-8,10,21H,5,9,11-16H2. The highest BCUT2D eigenvalue weighted by Crippen LogP contribution is 2.11. The molecule has 1 fully saturated rings. The summed E-state index contributed by atoms with van der Waals surface area (Å²) in [4.78, 5) is 31.3. The maximum absolute atomic E-state index is 12.3. The van der Waals surface area contributed by atoms with Crippen molar-refractivity contribution in [2.24, 2.45) is 0 Å². The van der Waals surface area contributed by atoms with E-state index in [4.69, 9.17) is 4.74 Å². The van der Waals surface area contributed by atoms with Crippen LogP contribution in [0.25, 0.3) is 0 Å². The van der Waals surface area contributed by atoms with E-state index in [-0.39, 0.29) is 11.8 Å². The molecule has 26 heavy (non-hydrogen) atoms. The van der Waals surface area contributed by atoms with Crippen LogP contribution in [-0.2, 0) is 16.0 Å². The number of carbonyl (C=O) groups is 2. The highest BCUT2D eigenvalue weighted by atomic mass is 16.5. The monoisotopic (exact) mass is 355 g/mol. The highest BCUT2D eigenvalue weighted by molar-refractivity contribution is 5.79. The molecule has 0 bridgehead atoms. The lowest BCUT2D eigenvalue weighted by atomic mass is 10.2. The molecule has 0 atom stereocenters. The summed E-state index contributed by atoms with van der Waals surface area (Å²) in [6.07, 6.45) is 3.38. The first-order chi connectivity index (χ1) is 12.7. The van der Waals surface area contributed by atoms with Crippen molar-refractivity contribution in [3.05, 3.63) is 54.4 Å². The number of benzene rings is 1. The topological polar surface area (TPSA) is 65.6 Å². The number of carbonyl (C=O) groups excluding carboxylic acids is 2. The molecule has 6 nitrogen and oxygen atoms in total. The van der Waals surface area contributed by atoms with Crippen LogP contribution in [-0.4, -0.2) is 59.4 Å². The molecule has 0 saturated carbocycles. The molecule has 2 heterocycles. The van der Waals surface area contributed by atoms with Crippen LogP contribution in [0.3, 0.4) is 0 Å². The van der Waals surface area contributed by atoms with Gasteiger partial charge in [0.25, 0.3) is 0 Å². The largest absolute Gasteiger partial charge is 0.494 e. The van der Waals surface area contributed by atoms with E-state index in [1.54, 1.807) is 0 Å². The Morgan fingerprint density at radius 2 is 1.62 bits per heavy atom. The Labute approximate surface area is 153 Å². The van der Waals surface area contributed by atoms with E-state index in [9.17, 15) is 9.59 Å². The summed E-state index contributed by atoms with van der Waals surface area (Å²) in [7, 11) is 0. The quantitative estimate of drug-likeness (QED) is 0.774. The van der Waals surface area contributed by atoms with Crippen molar-refractivity contribution >= 4 is 11.8 Å². The van der Waals surface area contributed by atoms with E-state index in [0.717, 1.165) is 11.4 Å². The summed E-state index contributed by atoms with van der Waals surface area (Å²) < 4.78 is 5.62. The number of nitrogens with zero attached hydrogens (tertiary/aromatic N) is 2. The van der Waals surface area contributed by atoms with Crippen molar-refractivity contribution in [3.63, 3.8) is 0 Å². The Hall–Kier alpha value is -2.76. The molecule has 2 aromatic rings. The van der Waals surface area contributed by atoms with Gasteiger partial charge in [0.05, 0.1) is 13.0 Å². The fraction of sp³-hybridized carbons (Fsp3) is 0.400. The summed E-state index contributed by atoms with van der Waals surface area (Å²) in [5, 5.41) is 0. The molecular formula is C20H25N3O3. The summed E-state index contributed by atoms with van der Waals surface area (Å²) in [5.74, 6) is 1.07. The molecule has 0 radical (unpaired) electrons. The maximum atomic E-state index is 12.3. The number of hydrogen-bond acceptors (Lipinski definition) is 3. The van der Waals surface area contributed by atoms with Gasteiger partial charge < -0.3 is 19.5 Å². The molecule has 1 N–H and O–H groups in total. The molecule has 1 aliphatic rings. The fourth-order valence-electron chi connectivity index (χ4n) is 3.05. The number of para-hydroxylation sites is 1. The Morgan fingerprint density at radius 3 is 2.27 bits per heavy atom. The molecule has 6 heteroatoms. The third-order valence-electron chi connectivity index (χ3n) is 4.54. The number of aromatic amines is 1. The van der Waals surface area contributed by atoms with Gasteiger partial charge in [0.1, 0.15) is 5.75 Å². The number of rotatable bonds is 7. The molecular weight excluding hydrogens is 330 g/mol. The Bertz CT molecular complexity index is 692. The van der Waals surface area contributed by atoms with Crippen molar-refractivity contribution in [3.8, 4) is 5.75 Å². The molecule has 1 saturated heterocycles. The maximum Gasteiger partial charge on any atom is 0.228 e. The number of aromatic nitrogens is 1. The average molecular weight is 355 g/mol. The molecule has 0 spiro atoms. The van der Waals surface area contributed by atoms with Crippen molar-refractivity contribution in [1.29, 1.82) is 0 Å². The van der Waals surface area contributed by atoms with Gasteiger partial charge in [-0.15, -0.1) is 0 Å². The van der Waals surface area contributed by atoms with Gasteiger partial charge in [-0.25, -0.2) is 0 Å². The van der Waals surface area contributed by atoms with Crippen LogP contribution in [0.4, 0.5) is 0 Å². The lowest BCUT2D eigenvalue weighted by molar-refractivity contribution is -0.139. The lowest BCUT2D eigenvalue weighted by Gasteiger charge is -2.35. The Balaban J connectivity index is 1.33. The highest BCUT2D eigenvalue weighted by Gasteiger charge is 2.23. The Morgan fingerprint density at radius 1 is 0.923 bits per heavy atom. The van der Waals surface area contributed by atoms with Crippen LogP contribution in [0.5, 0.6) is 5.75 Å². The van der Waals surface area contributed by atoms with Crippen LogP contribution in [0.15, 0.2) is 48.7 Å². The minimum atomic E-state index is 0.107. The number of H-pyrrole nitrogens is 1. The number of amides is 2. The van der Waals surface area contributed by atoms with Crippen LogP contribution in [0, 0.1) is 0 Å². The third kappa shape index (κ3) is 5.12. The summed E-state index contributed by atoms with van der Waals surface area (Å²) in [6, 6.07) is 13.4. The first kappa shape index (κ1) is 18.0. The van der Waals surface area contributed by atoms with E-state index in [0.29, 0.717) is 52.0 Å². The minimum absolute atomic E-state index is 0.107. The number of ether oxygens (including phenoxy) is 1. The van der Waals surface area contributed by atoms with Crippen LogP contribution in [0.1, 0.15) is 18.5 Å². The molecule has 1 aromatic heterocycles. The third-order valence-corrected chi connectivity index (χ3v) is 4.54. The van der Waals surface area contributed by atoms with Crippen LogP contribution < -0.4 is 4.74 Å². The SMILES string of the molecule is O=C(CCCOc1ccccc1)N1CCN(C(=O)Cc2ccc[nH]2)CC1. The Kier molecular flexibility index (Phi) is 6.30. The van der Waals surface area contributed by atoms with Crippen molar-refractivity contribution in [2.75, 3.05) is 32.8 Å². The average Bonchev–Trinajstić information content (AvgIpc) is 3.19. The zero-order valence-corrected chi connectivity index (χ0v) is 14.9. The van der Waals surface area contributed by atoms with Gasteiger partial charge in [-0.05, 0) is 30.7 Å². The van der Waals surface area contributed by atoms with Gasteiger partial charge in [-0.3, -0.25) is 9.59 Å². The van der Waals surface area contributed by atoms with Crippen LogP contribution in [0.2, 0.25) is 0 Å². The molecule has 0 unspecified atom stereocenters. The zero-order chi connectivity index (χ0) is 18.2. The summed E-state index contributed by atoms with van der Waals surface area (Å²) in [6.45, 7) is 2.95. The summed E-state index contributed by atoms with van der Waals surface area (Å²) in [5.41, 5.74) is 0.923. The predicted octanol–water partition coefficient (Wildman–Crippen LogP) is 2.09. The van der Waals surface area contributed by atoms with Gasteiger partial charge >= 0.3 is 0 Å². The van der Waals surface area contributed by atoms with Gasteiger partial charge in [0, 0.05) is 44.5 Å². The van der Waals surface area contributed by atoms with E-state index < -0.39 is 0 Å². The van der Waals surface area contributed by atoms with Gasteiger partial charge in [-0.2, -0.15) is 0 Å². The first-order valence-electron chi connectivity index (χ1n) is 9.08. The van der Waals surface area contributed by atoms with Gasteiger partial charge in [-0.1, -0.05) is 18.2 Å². The van der Waals surface area contributed by atoms with Gasteiger partial charge in [0.15, 0.2) is 0 Å². The second-order valence-electron chi connectivity index (χ2n) is 6.40. The number of hydrogen-bond donors (Lipinski definition) is 1. The number of nitrogens with one attached hydrogen (secondary N) is 1. The van der Waals surface area contributed by atoms with Crippen molar-refractivity contribution in [2.45, 2.75) is 19.3 Å².